The van der Waals surface area contributed by atoms with Crippen LogP contribution in [-0.2, 0) is 18.2 Å². The third-order valence-corrected chi connectivity index (χ3v) is 3.35. The fourth-order valence-electron chi connectivity index (χ4n) is 1.97. The van der Waals surface area contributed by atoms with Gasteiger partial charge in [0.25, 0.3) is 0 Å². The monoisotopic (exact) mass is 240 g/mol. The molecule has 4 nitrogen and oxygen atoms in total. The van der Waals surface area contributed by atoms with Gasteiger partial charge in [0.15, 0.2) is 0 Å². The average Bonchev–Trinajstić information content (AvgIpc) is 2.72. The Kier molecular flexibility index (Phi) is 5.15. The van der Waals surface area contributed by atoms with Crippen LogP contribution in [0.3, 0.4) is 0 Å². The first-order valence-electron chi connectivity index (χ1n) is 6.31. The van der Waals surface area contributed by atoms with E-state index in [0.717, 1.165) is 18.4 Å². The third-order valence-electron chi connectivity index (χ3n) is 3.35. The molecule has 2 unspecified atom stereocenters. The maximum atomic E-state index is 10.2. The second-order valence-electron chi connectivity index (χ2n) is 4.68. The van der Waals surface area contributed by atoms with Crippen molar-refractivity contribution in [1.29, 1.82) is 0 Å². The SMILES string of the molecule is CCOC(C)(CC)C(O)CCc1cnn(C)c1. The molecular formula is C13H24N2O2. The average molecular weight is 240 g/mol. The molecule has 17 heavy (non-hydrogen) atoms. The minimum Gasteiger partial charge on any atom is -0.390 e. The molecule has 1 aromatic rings. The molecule has 1 rings (SSSR count). The number of hydrogen-bond donors (Lipinski definition) is 1. The van der Waals surface area contributed by atoms with Gasteiger partial charge in [0.1, 0.15) is 0 Å². The zero-order valence-corrected chi connectivity index (χ0v) is 11.3. The maximum Gasteiger partial charge on any atom is 0.0909 e. The zero-order valence-electron chi connectivity index (χ0n) is 11.3. The third kappa shape index (κ3) is 3.82. The van der Waals surface area contributed by atoms with Gasteiger partial charge in [0, 0.05) is 19.9 Å². The molecule has 4 heteroatoms. The van der Waals surface area contributed by atoms with Crippen LogP contribution in [0.4, 0.5) is 0 Å². The summed E-state index contributed by atoms with van der Waals surface area (Å²) in [6.07, 6.45) is 5.74. The van der Waals surface area contributed by atoms with Crippen molar-refractivity contribution in [3.8, 4) is 0 Å². The summed E-state index contributed by atoms with van der Waals surface area (Å²) in [7, 11) is 1.90. The number of ether oxygens (including phenoxy) is 1. The number of aliphatic hydroxyl groups is 1. The molecule has 0 spiro atoms. The van der Waals surface area contributed by atoms with Crippen LogP contribution in [0.15, 0.2) is 12.4 Å². The lowest BCUT2D eigenvalue weighted by Gasteiger charge is -2.33. The van der Waals surface area contributed by atoms with Gasteiger partial charge >= 0.3 is 0 Å². The Morgan fingerprint density at radius 2 is 2.24 bits per heavy atom. The smallest absolute Gasteiger partial charge is 0.0909 e. The van der Waals surface area contributed by atoms with E-state index in [1.165, 1.54) is 0 Å². The van der Waals surface area contributed by atoms with E-state index < -0.39 is 11.7 Å². The molecule has 0 bridgehead atoms. The molecule has 0 aliphatic carbocycles. The van der Waals surface area contributed by atoms with Gasteiger partial charge in [-0.2, -0.15) is 5.10 Å². The van der Waals surface area contributed by atoms with Crippen molar-refractivity contribution in [2.75, 3.05) is 6.61 Å². The Morgan fingerprint density at radius 1 is 1.53 bits per heavy atom. The van der Waals surface area contributed by atoms with Gasteiger partial charge in [-0.15, -0.1) is 0 Å². The van der Waals surface area contributed by atoms with Crippen LogP contribution in [0.2, 0.25) is 0 Å². The summed E-state index contributed by atoms with van der Waals surface area (Å²) in [5, 5.41) is 14.3. The first-order valence-corrected chi connectivity index (χ1v) is 6.31. The van der Waals surface area contributed by atoms with Crippen LogP contribution in [0.5, 0.6) is 0 Å². The van der Waals surface area contributed by atoms with Gasteiger partial charge in [0.2, 0.25) is 0 Å². The van der Waals surface area contributed by atoms with Crippen molar-refractivity contribution < 1.29 is 9.84 Å². The molecule has 98 valence electrons. The van der Waals surface area contributed by atoms with Crippen molar-refractivity contribution in [3.63, 3.8) is 0 Å². The maximum absolute atomic E-state index is 10.2. The zero-order chi connectivity index (χ0) is 12.9. The minimum atomic E-state index is -0.437. The Morgan fingerprint density at radius 3 is 2.71 bits per heavy atom. The van der Waals surface area contributed by atoms with Gasteiger partial charge in [0.05, 0.1) is 17.9 Å². The number of nitrogens with zero attached hydrogens (tertiary/aromatic N) is 2. The van der Waals surface area contributed by atoms with Crippen molar-refractivity contribution in [2.24, 2.45) is 7.05 Å². The van der Waals surface area contributed by atoms with Gasteiger partial charge in [-0.3, -0.25) is 4.68 Å². The molecule has 0 aromatic carbocycles. The quantitative estimate of drug-likeness (QED) is 0.792. The highest BCUT2D eigenvalue weighted by Crippen LogP contribution is 2.23. The first-order chi connectivity index (χ1) is 8.01. The number of hydrogen-bond acceptors (Lipinski definition) is 3. The molecule has 0 radical (unpaired) electrons. The predicted octanol–water partition coefficient (Wildman–Crippen LogP) is 1.92. The molecule has 0 aliphatic rings. The van der Waals surface area contributed by atoms with E-state index in [4.69, 9.17) is 4.74 Å². The molecule has 1 aromatic heterocycles. The molecule has 0 fully saturated rings. The fraction of sp³-hybridized carbons (Fsp3) is 0.769. The Labute approximate surface area is 104 Å². The topological polar surface area (TPSA) is 47.3 Å². The molecule has 2 atom stereocenters. The Bertz CT molecular complexity index is 338. The van der Waals surface area contributed by atoms with Crippen LogP contribution in [0.1, 0.15) is 39.2 Å². The largest absolute Gasteiger partial charge is 0.390 e. The van der Waals surface area contributed by atoms with Crippen LogP contribution in [0.25, 0.3) is 0 Å². The van der Waals surface area contributed by atoms with Gasteiger partial charge in [-0.1, -0.05) is 6.92 Å². The van der Waals surface area contributed by atoms with E-state index >= 15 is 0 Å². The molecular weight excluding hydrogens is 216 g/mol. The standard InChI is InChI=1S/C13H24N2O2/c1-5-13(3,17-6-2)12(16)8-7-11-9-14-15(4)10-11/h9-10,12,16H,5-8H2,1-4H3. The molecule has 1 heterocycles. The van der Waals surface area contributed by atoms with Crippen LogP contribution in [-0.4, -0.2) is 33.2 Å². The second kappa shape index (κ2) is 6.17. The van der Waals surface area contributed by atoms with Crippen LogP contribution >= 0.6 is 0 Å². The molecule has 0 amide bonds. The van der Waals surface area contributed by atoms with Crippen molar-refractivity contribution in [3.05, 3.63) is 18.0 Å². The normalized spacial score (nSPS) is 16.8. The van der Waals surface area contributed by atoms with E-state index in [2.05, 4.69) is 5.10 Å². The molecule has 0 saturated carbocycles. The number of aliphatic hydroxyl groups excluding tert-OH is 1. The highest BCUT2D eigenvalue weighted by Gasteiger charge is 2.31. The molecule has 0 saturated heterocycles. The van der Waals surface area contributed by atoms with Crippen LogP contribution in [0, 0.1) is 0 Å². The number of aryl methyl sites for hydroxylation is 2. The fourth-order valence-corrected chi connectivity index (χ4v) is 1.97. The highest BCUT2D eigenvalue weighted by atomic mass is 16.5. The highest BCUT2D eigenvalue weighted by molar-refractivity contribution is 5.04. The van der Waals surface area contributed by atoms with Gasteiger partial charge in [-0.25, -0.2) is 0 Å². The number of aromatic nitrogens is 2. The molecule has 1 N–H and O–H groups in total. The lowest BCUT2D eigenvalue weighted by atomic mass is 9.91. The summed E-state index contributed by atoms with van der Waals surface area (Å²) in [5.41, 5.74) is 0.721. The van der Waals surface area contributed by atoms with E-state index in [-0.39, 0.29) is 0 Å². The van der Waals surface area contributed by atoms with Crippen molar-refractivity contribution in [2.45, 2.75) is 51.7 Å². The predicted molar refractivity (Wildman–Crippen MR) is 67.9 cm³/mol. The summed E-state index contributed by atoms with van der Waals surface area (Å²) in [4.78, 5) is 0. The van der Waals surface area contributed by atoms with Crippen LogP contribution < -0.4 is 0 Å². The Hall–Kier alpha value is -0.870. The minimum absolute atomic E-state index is 0.434. The van der Waals surface area contributed by atoms with E-state index in [1.807, 2.05) is 40.2 Å². The lowest BCUT2D eigenvalue weighted by molar-refractivity contribution is -0.112. The Balaban J connectivity index is 2.50. The molecule has 0 aliphatic heterocycles. The van der Waals surface area contributed by atoms with E-state index in [1.54, 1.807) is 4.68 Å². The summed E-state index contributed by atoms with van der Waals surface area (Å²) < 4.78 is 7.44. The summed E-state index contributed by atoms with van der Waals surface area (Å²) in [6, 6.07) is 0. The first kappa shape index (κ1) is 14.2. The van der Waals surface area contributed by atoms with Gasteiger partial charge in [-0.05, 0) is 38.7 Å². The van der Waals surface area contributed by atoms with E-state index in [9.17, 15) is 5.11 Å². The number of rotatable bonds is 7. The second-order valence-corrected chi connectivity index (χ2v) is 4.68. The van der Waals surface area contributed by atoms with Crippen molar-refractivity contribution >= 4 is 0 Å². The summed E-state index contributed by atoms with van der Waals surface area (Å²) >= 11 is 0. The van der Waals surface area contributed by atoms with Crippen molar-refractivity contribution in [1.82, 2.24) is 9.78 Å². The van der Waals surface area contributed by atoms with Gasteiger partial charge < -0.3 is 9.84 Å². The van der Waals surface area contributed by atoms with E-state index in [0.29, 0.717) is 13.0 Å². The lowest BCUT2D eigenvalue weighted by Crippen LogP contribution is -2.41. The summed E-state index contributed by atoms with van der Waals surface area (Å²) in [6.45, 7) is 6.61. The summed E-state index contributed by atoms with van der Waals surface area (Å²) in [5.74, 6) is 0.